The number of benzene rings is 2. The topological polar surface area (TPSA) is 62.5 Å². The first-order valence-corrected chi connectivity index (χ1v) is 9.07. The van der Waals surface area contributed by atoms with Crippen LogP contribution >= 0.6 is 45.8 Å². The molecule has 2 aromatic carbocycles. The maximum Gasteiger partial charge on any atom is 0.257 e. The molecule has 0 bridgehead atoms. The Bertz CT molecular complexity index is 940. The molecule has 3 rings (SSSR count). The summed E-state index contributed by atoms with van der Waals surface area (Å²) in [6.07, 6.45) is 0. The molecule has 1 heterocycles. The number of rotatable bonds is 4. The highest BCUT2D eigenvalue weighted by Crippen LogP contribution is 2.32. The van der Waals surface area contributed by atoms with Gasteiger partial charge in [-0.3, -0.25) is 4.79 Å². The summed E-state index contributed by atoms with van der Waals surface area (Å²) in [5.41, 5.74) is 1.57. The van der Waals surface area contributed by atoms with E-state index in [4.69, 9.17) is 32.7 Å². The zero-order valence-electron chi connectivity index (χ0n) is 12.7. The number of carbonyl (C=O) groups is 1. The Morgan fingerprint density at radius 2 is 1.84 bits per heavy atom. The van der Waals surface area contributed by atoms with E-state index in [9.17, 15) is 4.79 Å². The fourth-order valence-electron chi connectivity index (χ4n) is 2.27. The van der Waals surface area contributed by atoms with Gasteiger partial charge in [-0.05, 0) is 71.1 Å². The Balaban J connectivity index is 1.89. The van der Waals surface area contributed by atoms with Crippen LogP contribution in [0.25, 0.3) is 11.3 Å². The molecule has 0 aliphatic heterocycles. The van der Waals surface area contributed by atoms with Crippen LogP contribution in [0.2, 0.25) is 10.0 Å². The largest absolute Gasteiger partial charge is 0.459 e. The fraction of sp³-hybridized carbons (Fsp3) is 0.0556. The van der Waals surface area contributed by atoms with E-state index in [1.54, 1.807) is 42.5 Å². The van der Waals surface area contributed by atoms with E-state index < -0.39 is 0 Å². The molecule has 0 spiro atoms. The molecule has 4 nitrogen and oxygen atoms in total. The van der Waals surface area contributed by atoms with Gasteiger partial charge in [0.1, 0.15) is 18.1 Å². The molecule has 1 amide bonds. The van der Waals surface area contributed by atoms with Crippen LogP contribution in [-0.4, -0.2) is 11.0 Å². The molecule has 2 N–H and O–H groups in total. The Morgan fingerprint density at radius 3 is 2.56 bits per heavy atom. The average molecular weight is 488 g/mol. The van der Waals surface area contributed by atoms with Gasteiger partial charge in [-0.1, -0.05) is 23.2 Å². The Morgan fingerprint density at radius 1 is 1.08 bits per heavy atom. The summed E-state index contributed by atoms with van der Waals surface area (Å²) in [6, 6.07) is 13.7. The highest BCUT2D eigenvalue weighted by Gasteiger charge is 2.14. The number of furan rings is 1. The minimum atomic E-state index is -0.313. The average Bonchev–Trinajstić information content (AvgIpc) is 3.07. The normalized spacial score (nSPS) is 10.7. The van der Waals surface area contributed by atoms with E-state index in [1.165, 1.54) is 0 Å². The number of amides is 1. The molecule has 3 aromatic rings. The Kier molecular flexibility index (Phi) is 5.68. The second-order valence-corrected chi connectivity index (χ2v) is 7.26. The van der Waals surface area contributed by atoms with Gasteiger partial charge in [-0.25, -0.2) is 0 Å². The molecular formula is C18H12Cl2INO3. The number of anilines is 1. The van der Waals surface area contributed by atoms with Gasteiger partial charge in [0, 0.05) is 14.8 Å². The zero-order chi connectivity index (χ0) is 18.0. The molecule has 1 aromatic heterocycles. The molecule has 25 heavy (non-hydrogen) atoms. The number of carbonyl (C=O) groups excluding carboxylic acids is 1. The first-order valence-electron chi connectivity index (χ1n) is 7.24. The molecule has 7 heteroatoms. The lowest BCUT2D eigenvalue weighted by Gasteiger charge is -2.09. The van der Waals surface area contributed by atoms with Gasteiger partial charge in [-0.2, -0.15) is 0 Å². The van der Waals surface area contributed by atoms with Gasteiger partial charge in [-0.15, -0.1) is 0 Å². The van der Waals surface area contributed by atoms with Gasteiger partial charge in [0.15, 0.2) is 0 Å². The van der Waals surface area contributed by atoms with E-state index in [0.29, 0.717) is 38.4 Å². The number of nitrogens with one attached hydrogen (secondary N) is 1. The molecule has 0 saturated carbocycles. The molecular weight excluding hydrogens is 476 g/mol. The van der Waals surface area contributed by atoms with E-state index in [0.717, 1.165) is 3.57 Å². The van der Waals surface area contributed by atoms with Crippen molar-refractivity contribution in [2.75, 3.05) is 5.32 Å². The van der Waals surface area contributed by atoms with Crippen molar-refractivity contribution in [3.05, 3.63) is 73.5 Å². The maximum atomic E-state index is 12.5. The summed E-state index contributed by atoms with van der Waals surface area (Å²) in [5.74, 6) is 0.635. The quantitative estimate of drug-likeness (QED) is 0.470. The standard InChI is InChI=1S/C18H12Cl2INO3/c19-15-5-2-11(8-13(15)17-6-3-12(9-23)25-17)22-18(24)14-7-10(21)1-4-16(14)20/h1-8,23H,9H2,(H,22,24). The molecule has 128 valence electrons. The van der Waals surface area contributed by atoms with Crippen LogP contribution in [0.1, 0.15) is 16.1 Å². The van der Waals surface area contributed by atoms with Crippen LogP contribution in [0.3, 0.4) is 0 Å². The van der Waals surface area contributed by atoms with Gasteiger partial charge in [0.2, 0.25) is 0 Å². The first-order chi connectivity index (χ1) is 12.0. The van der Waals surface area contributed by atoms with Crippen LogP contribution < -0.4 is 5.32 Å². The number of aliphatic hydroxyl groups excluding tert-OH is 1. The monoisotopic (exact) mass is 487 g/mol. The van der Waals surface area contributed by atoms with Gasteiger partial charge in [0.05, 0.1) is 15.6 Å². The summed E-state index contributed by atoms with van der Waals surface area (Å²) < 4.78 is 6.42. The molecule has 0 radical (unpaired) electrons. The van der Waals surface area contributed by atoms with E-state index in [2.05, 4.69) is 27.9 Å². The molecule has 0 aliphatic carbocycles. The lowest BCUT2D eigenvalue weighted by Crippen LogP contribution is -2.12. The third kappa shape index (κ3) is 4.17. The van der Waals surface area contributed by atoms with E-state index >= 15 is 0 Å². The van der Waals surface area contributed by atoms with Crippen molar-refractivity contribution in [2.24, 2.45) is 0 Å². The summed E-state index contributed by atoms with van der Waals surface area (Å²) in [7, 11) is 0. The number of hydrogen-bond donors (Lipinski definition) is 2. The second-order valence-electron chi connectivity index (χ2n) is 5.20. The smallest absolute Gasteiger partial charge is 0.257 e. The van der Waals surface area contributed by atoms with Gasteiger partial charge in [0.25, 0.3) is 5.91 Å². The number of halogens is 3. The summed E-state index contributed by atoms with van der Waals surface area (Å²) >= 11 is 14.5. The summed E-state index contributed by atoms with van der Waals surface area (Å²) in [5, 5.41) is 12.8. The molecule has 0 atom stereocenters. The Labute approximate surface area is 167 Å². The highest BCUT2D eigenvalue weighted by molar-refractivity contribution is 14.1. The zero-order valence-corrected chi connectivity index (χ0v) is 16.4. The summed E-state index contributed by atoms with van der Waals surface area (Å²) in [4.78, 5) is 12.5. The molecule has 0 saturated heterocycles. The van der Waals surface area contributed by atoms with Crippen LogP contribution in [0.4, 0.5) is 5.69 Å². The number of aliphatic hydroxyl groups is 1. The van der Waals surface area contributed by atoms with Crippen molar-refractivity contribution in [3.63, 3.8) is 0 Å². The maximum absolute atomic E-state index is 12.5. The van der Waals surface area contributed by atoms with Crippen LogP contribution in [0, 0.1) is 3.57 Å². The van der Waals surface area contributed by atoms with Gasteiger partial charge < -0.3 is 14.8 Å². The van der Waals surface area contributed by atoms with E-state index in [-0.39, 0.29) is 12.5 Å². The van der Waals surface area contributed by atoms with Crippen molar-refractivity contribution in [3.8, 4) is 11.3 Å². The minimum absolute atomic E-state index is 0.195. The lowest BCUT2D eigenvalue weighted by molar-refractivity contribution is 0.102. The second kappa shape index (κ2) is 7.78. The molecule has 0 fully saturated rings. The molecule has 0 aliphatic rings. The van der Waals surface area contributed by atoms with E-state index in [1.807, 2.05) is 6.07 Å². The van der Waals surface area contributed by atoms with Crippen LogP contribution in [-0.2, 0) is 6.61 Å². The van der Waals surface area contributed by atoms with Gasteiger partial charge >= 0.3 is 0 Å². The first kappa shape index (κ1) is 18.3. The van der Waals surface area contributed by atoms with Crippen molar-refractivity contribution < 1.29 is 14.3 Å². The summed E-state index contributed by atoms with van der Waals surface area (Å²) in [6.45, 7) is -0.195. The predicted octanol–water partition coefficient (Wildman–Crippen LogP) is 5.60. The van der Waals surface area contributed by atoms with Crippen LogP contribution in [0.5, 0.6) is 0 Å². The van der Waals surface area contributed by atoms with Crippen molar-refractivity contribution in [1.29, 1.82) is 0 Å². The fourth-order valence-corrected chi connectivity index (χ4v) is 3.17. The van der Waals surface area contributed by atoms with Crippen molar-refractivity contribution >= 4 is 57.4 Å². The highest BCUT2D eigenvalue weighted by atomic mass is 127. The lowest BCUT2D eigenvalue weighted by atomic mass is 10.1. The molecule has 0 unspecified atom stereocenters. The van der Waals surface area contributed by atoms with Crippen molar-refractivity contribution in [2.45, 2.75) is 6.61 Å². The number of hydrogen-bond acceptors (Lipinski definition) is 3. The van der Waals surface area contributed by atoms with Crippen LogP contribution in [0.15, 0.2) is 52.9 Å². The third-order valence-electron chi connectivity index (χ3n) is 3.48. The van der Waals surface area contributed by atoms with Crippen molar-refractivity contribution in [1.82, 2.24) is 0 Å². The predicted molar refractivity (Wildman–Crippen MR) is 107 cm³/mol. The third-order valence-corrected chi connectivity index (χ3v) is 4.81. The minimum Gasteiger partial charge on any atom is -0.459 e. The Hall–Kier alpha value is -1.54. The SMILES string of the molecule is O=C(Nc1ccc(Cl)c(-c2ccc(CO)o2)c1)c1cc(I)ccc1Cl.